The summed E-state index contributed by atoms with van der Waals surface area (Å²) in [6, 6.07) is 6.32. The first-order chi connectivity index (χ1) is 7.65. The highest BCUT2D eigenvalue weighted by molar-refractivity contribution is 6.19. The van der Waals surface area contributed by atoms with Crippen molar-refractivity contribution in [1.82, 2.24) is 5.32 Å². The third-order valence-electron chi connectivity index (χ3n) is 3.05. The van der Waals surface area contributed by atoms with Gasteiger partial charge in [0.25, 0.3) is 5.91 Å². The quantitative estimate of drug-likeness (QED) is 0.796. The van der Waals surface area contributed by atoms with Crippen LogP contribution >= 0.6 is 11.6 Å². The van der Waals surface area contributed by atoms with Gasteiger partial charge < -0.3 is 10.4 Å². The summed E-state index contributed by atoms with van der Waals surface area (Å²) in [5.41, 5.74) is 0.237. The molecular formula is C12H14ClNO2. The zero-order chi connectivity index (χ0) is 11.6. The number of rotatable bonds is 3. The summed E-state index contributed by atoms with van der Waals surface area (Å²) in [5.74, 6) is 0.370. The molecule has 4 heteroatoms. The van der Waals surface area contributed by atoms with E-state index in [0.717, 1.165) is 19.3 Å². The minimum Gasteiger partial charge on any atom is -0.508 e. The molecule has 1 aliphatic rings. The third-order valence-corrected chi connectivity index (χ3v) is 3.57. The number of phenols is 1. The van der Waals surface area contributed by atoms with Crippen molar-refractivity contribution < 1.29 is 9.90 Å². The van der Waals surface area contributed by atoms with Crippen LogP contribution in [0.1, 0.15) is 29.6 Å². The van der Waals surface area contributed by atoms with Gasteiger partial charge in [0.2, 0.25) is 0 Å². The topological polar surface area (TPSA) is 49.3 Å². The second kappa shape index (κ2) is 4.34. The number of hydrogen-bond donors (Lipinski definition) is 2. The molecule has 2 N–H and O–H groups in total. The summed E-state index contributed by atoms with van der Waals surface area (Å²) in [6.45, 7) is 0. The Morgan fingerprint density at radius 2 is 2.25 bits per heavy atom. The number of halogens is 1. The lowest BCUT2D eigenvalue weighted by Gasteiger charge is -2.41. The number of nitrogens with one attached hydrogen (secondary N) is 1. The standard InChI is InChI=1S/C12H14ClNO2/c13-8-12(5-2-6-12)14-11(16)9-3-1-4-10(15)7-9/h1,3-4,7,15H,2,5-6,8H2,(H,14,16). The van der Waals surface area contributed by atoms with E-state index in [2.05, 4.69) is 5.32 Å². The second-order valence-corrected chi connectivity index (χ2v) is 4.54. The average molecular weight is 240 g/mol. The SMILES string of the molecule is O=C(NC1(CCl)CCC1)c1cccc(O)c1. The van der Waals surface area contributed by atoms with Gasteiger partial charge in [0, 0.05) is 11.4 Å². The van der Waals surface area contributed by atoms with Crippen molar-refractivity contribution in [1.29, 1.82) is 0 Å². The number of aromatic hydroxyl groups is 1. The van der Waals surface area contributed by atoms with Gasteiger partial charge in [-0.1, -0.05) is 6.07 Å². The van der Waals surface area contributed by atoms with Crippen LogP contribution in [-0.2, 0) is 0 Å². The summed E-state index contributed by atoms with van der Waals surface area (Å²) in [5, 5.41) is 12.2. The molecule has 0 atom stereocenters. The fourth-order valence-corrected chi connectivity index (χ4v) is 2.19. The predicted octanol–water partition coefficient (Wildman–Crippen LogP) is 2.28. The van der Waals surface area contributed by atoms with Gasteiger partial charge >= 0.3 is 0 Å². The van der Waals surface area contributed by atoms with Crippen LogP contribution in [0.15, 0.2) is 24.3 Å². The maximum absolute atomic E-state index is 11.9. The average Bonchev–Trinajstić information content (AvgIpc) is 2.23. The largest absolute Gasteiger partial charge is 0.508 e. The van der Waals surface area contributed by atoms with E-state index < -0.39 is 0 Å². The molecule has 0 aliphatic heterocycles. The molecule has 1 saturated carbocycles. The summed E-state index contributed by atoms with van der Waals surface area (Å²) in [4.78, 5) is 11.9. The molecule has 1 amide bonds. The van der Waals surface area contributed by atoms with E-state index in [4.69, 9.17) is 11.6 Å². The van der Waals surface area contributed by atoms with Gasteiger partial charge in [-0.2, -0.15) is 0 Å². The van der Waals surface area contributed by atoms with E-state index in [-0.39, 0.29) is 17.2 Å². The first kappa shape index (κ1) is 11.3. The normalized spacial score (nSPS) is 17.6. The molecule has 0 unspecified atom stereocenters. The molecule has 1 aliphatic carbocycles. The van der Waals surface area contributed by atoms with Gasteiger partial charge in [0.15, 0.2) is 0 Å². The van der Waals surface area contributed by atoms with Crippen molar-refractivity contribution in [2.75, 3.05) is 5.88 Å². The summed E-state index contributed by atoms with van der Waals surface area (Å²) in [6.07, 6.45) is 2.97. The van der Waals surface area contributed by atoms with Crippen molar-refractivity contribution in [3.8, 4) is 5.75 Å². The molecule has 3 nitrogen and oxygen atoms in total. The molecule has 2 rings (SSSR count). The van der Waals surface area contributed by atoms with Crippen LogP contribution in [0.3, 0.4) is 0 Å². The summed E-state index contributed by atoms with van der Waals surface area (Å²) >= 11 is 5.86. The zero-order valence-electron chi connectivity index (χ0n) is 8.87. The van der Waals surface area contributed by atoms with Crippen molar-refractivity contribution in [3.63, 3.8) is 0 Å². The lowest BCUT2D eigenvalue weighted by Crippen LogP contribution is -2.55. The van der Waals surface area contributed by atoms with E-state index in [0.29, 0.717) is 11.4 Å². The van der Waals surface area contributed by atoms with Crippen LogP contribution in [0.25, 0.3) is 0 Å². The van der Waals surface area contributed by atoms with E-state index in [1.807, 2.05) is 0 Å². The number of phenolic OH excluding ortho intramolecular Hbond substituents is 1. The Morgan fingerprint density at radius 3 is 2.75 bits per heavy atom. The first-order valence-corrected chi connectivity index (χ1v) is 5.86. The van der Waals surface area contributed by atoms with Gasteiger partial charge in [-0.25, -0.2) is 0 Å². The number of amides is 1. The molecule has 0 aromatic heterocycles. The van der Waals surface area contributed by atoms with E-state index >= 15 is 0 Å². The number of carbonyl (C=O) groups excluding carboxylic acids is 1. The number of benzene rings is 1. The Hall–Kier alpha value is -1.22. The van der Waals surface area contributed by atoms with Crippen molar-refractivity contribution in [2.45, 2.75) is 24.8 Å². The monoisotopic (exact) mass is 239 g/mol. The lowest BCUT2D eigenvalue weighted by molar-refractivity contribution is 0.0853. The maximum Gasteiger partial charge on any atom is 0.251 e. The highest BCUT2D eigenvalue weighted by Crippen LogP contribution is 2.33. The number of carbonyl (C=O) groups is 1. The molecule has 1 aromatic rings. The maximum atomic E-state index is 11.9. The number of alkyl halides is 1. The van der Waals surface area contributed by atoms with Crippen LogP contribution in [0, 0.1) is 0 Å². The molecule has 0 saturated heterocycles. The van der Waals surface area contributed by atoms with Gasteiger partial charge in [-0.15, -0.1) is 11.6 Å². The molecule has 86 valence electrons. The zero-order valence-corrected chi connectivity index (χ0v) is 9.63. The minimum atomic E-state index is -0.232. The molecule has 16 heavy (non-hydrogen) atoms. The fourth-order valence-electron chi connectivity index (χ4n) is 1.86. The lowest BCUT2D eigenvalue weighted by atomic mass is 9.78. The highest BCUT2D eigenvalue weighted by Gasteiger charge is 2.37. The molecule has 0 spiro atoms. The Kier molecular flexibility index (Phi) is 3.06. The van der Waals surface area contributed by atoms with E-state index in [1.54, 1.807) is 12.1 Å². The third kappa shape index (κ3) is 2.14. The highest BCUT2D eigenvalue weighted by atomic mass is 35.5. The molecule has 0 heterocycles. The first-order valence-electron chi connectivity index (χ1n) is 5.33. The van der Waals surface area contributed by atoms with Crippen LogP contribution in [0.2, 0.25) is 0 Å². The molecule has 1 fully saturated rings. The van der Waals surface area contributed by atoms with Crippen LogP contribution in [0.4, 0.5) is 0 Å². The molecular weight excluding hydrogens is 226 g/mol. The van der Waals surface area contributed by atoms with E-state index in [9.17, 15) is 9.90 Å². The van der Waals surface area contributed by atoms with E-state index in [1.165, 1.54) is 12.1 Å². The van der Waals surface area contributed by atoms with Gasteiger partial charge in [-0.3, -0.25) is 4.79 Å². The summed E-state index contributed by atoms with van der Waals surface area (Å²) in [7, 11) is 0. The Balaban J connectivity index is 2.08. The molecule has 1 aromatic carbocycles. The molecule has 0 bridgehead atoms. The van der Waals surface area contributed by atoms with Crippen LogP contribution in [0.5, 0.6) is 5.75 Å². The van der Waals surface area contributed by atoms with Gasteiger partial charge in [0.05, 0.1) is 5.54 Å². The smallest absolute Gasteiger partial charge is 0.251 e. The van der Waals surface area contributed by atoms with Gasteiger partial charge in [0.1, 0.15) is 5.75 Å². The van der Waals surface area contributed by atoms with Crippen molar-refractivity contribution >= 4 is 17.5 Å². The Bertz CT molecular complexity index is 396. The van der Waals surface area contributed by atoms with Gasteiger partial charge in [-0.05, 0) is 37.5 Å². The van der Waals surface area contributed by atoms with Crippen LogP contribution < -0.4 is 5.32 Å². The minimum absolute atomic E-state index is 0.0983. The predicted molar refractivity (Wildman–Crippen MR) is 62.9 cm³/mol. The van der Waals surface area contributed by atoms with Crippen molar-refractivity contribution in [3.05, 3.63) is 29.8 Å². The summed E-state index contributed by atoms with van der Waals surface area (Å²) < 4.78 is 0. The van der Waals surface area contributed by atoms with Crippen molar-refractivity contribution in [2.24, 2.45) is 0 Å². The Labute approximate surface area is 99.4 Å². The number of hydrogen-bond acceptors (Lipinski definition) is 2. The van der Waals surface area contributed by atoms with Crippen LogP contribution in [-0.4, -0.2) is 22.4 Å². The Morgan fingerprint density at radius 1 is 1.50 bits per heavy atom. The molecule has 0 radical (unpaired) electrons. The second-order valence-electron chi connectivity index (χ2n) is 4.27. The fraction of sp³-hybridized carbons (Fsp3) is 0.417.